The maximum absolute atomic E-state index is 9.45. The molecule has 0 aliphatic rings. The minimum atomic E-state index is -1.23. The van der Waals surface area contributed by atoms with Crippen molar-refractivity contribution in [1.29, 1.82) is 0 Å². The molecule has 2 atom stereocenters. The summed E-state index contributed by atoms with van der Waals surface area (Å²) in [7, 11) is -1.14. The minimum Gasteiger partial charge on any atom is -0.479 e. The molecule has 0 heterocycles. The molecule has 0 saturated heterocycles. The molecule has 0 aliphatic heterocycles. The van der Waals surface area contributed by atoms with E-state index in [4.69, 9.17) is 25.2 Å². The molecule has 0 saturated carbocycles. The molecular formula is C8H20O7Si. The largest absolute Gasteiger partial charge is 0.479 e. The van der Waals surface area contributed by atoms with E-state index in [9.17, 15) is 9.59 Å². The minimum absolute atomic E-state index is 1.14. The van der Waals surface area contributed by atoms with Crippen molar-refractivity contribution in [3.63, 3.8) is 0 Å². The molecule has 5 N–H and O–H groups in total. The Morgan fingerprint density at radius 1 is 0.938 bits per heavy atom. The van der Waals surface area contributed by atoms with Crippen LogP contribution in [-0.2, 0) is 9.59 Å². The van der Waals surface area contributed by atoms with Gasteiger partial charge in [0.15, 0.2) is 9.04 Å². The summed E-state index contributed by atoms with van der Waals surface area (Å²) < 4.78 is 0. The van der Waals surface area contributed by atoms with E-state index in [1.807, 2.05) is 13.1 Å². The van der Waals surface area contributed by atoms with E-state index in [0.717, 1.165) is 0 Å². The predicted octanol–water partition coefficient (Wildman–Crippen LogP) is -1.13. The third kappa shape index (κ3) is 38.1. The SMILES string of the molecule is CC(O)C(=O)O.CC(O)C(=O)O.C[SiH](C)O. The van der Waals surface area contributed by atoms with E-state index in [-0.39, 0.29) is 0 Å². The smallest absolute Gasteiger partial charge is 0.332 e. The fourth-order valence-corrected chi connectivity index (χ4v) is 0. The van der Waals surface area contributed by atoms with Crippen LogP contribution < -0.4 is 0 Å². The summed E-state index contributed by atoms with van der Waals surface area (Å²) in [5, 5.41) is 31.5. The Hall–Kier alpha value is -0.963. The monoisotopic (exact) mass is 256 g/mol. The van der Waals surface area contributed by atoms with Crippen LogP contribution in [0.5, 0.6) is 0 Å². The summed E-state index contributed by atoms with van der Waals surface area (Å²) in [6.45, 7) is 6.12. The first kappa shape index (κ1) is 20.4. The van der Waals surface area contributed by atoms with Crippen molar-refractivity contribution in [2.45, 2.75) is 39.1 Å². The van der Waals surface area contributed by atoms with Gasteiger partial charge in [0.2, 0.25) is 0 Å². The van der Waals surface area contributed by atoms with Gasteiger partial charge in [-0.2, -0.15) is 0 Å². The summed E-state index contributed by atoms with van der Waals surface area (Å²) in [6, 6.07) is 0. The van der Waals surface area contributed by atoms with E-state index in [1.54, 1.807) is 0 Å². The van der Waals surface area contributed by atoms with Crippen LogP contribution in [0.15, 0.2) is 0 Å². The van der Waals surface area contributed by atoms with Gasteiger partial charge in [-0.25, -0.2) is 9.59 Å². The Balaban J connectivity index is -0.000000162. The molecule has 0 aromatic rings. The van der Waals surface area contributed by atoms with Crippen molar-refractivity contribution in [1.82, 2.24) is 0 Å². The molecule has 8 heteroatoms. The zero-order valence-electron chi connectivity index (χ0n) is 9.78. The van der Waals surface area contributed by atoms with Gasteiger partial charge in [-0.3, -0.25) is 0 Å². The Kier molecular flexibility index (Phi) is 15.5. The molecule has 98 valence electrons. The number of aliphatic hydroxyl groups excluding tert-OH is 2. The third-order valence-electron chi connectivity index (χ3n) is 0.715. The first-order valence-corrected chi connectivity index (χ1v) is 7.34. The number of carboxylic acid groups (broad SMARTS) is 2. The summed E-state index contributed by atoms with van der Waals surface area (Å²) in [4.78, 5) is 27.1. The average molecular weight is 256 g/mol. The van der Waals surface area contributed by atoms with Crippen LogP contribution in [0.4, 0.5) is 0 Å². The molecule has 0 spiro atoms. The zero-order valence-corrected chi connectivity index (χ0v) is 10.9. The van der Waals surface area contributed by atoms with Crippen molar-refractivity contribution in [2.24, 2.45) is 0 Å². The van der Waals surface area contributed by atoms with Gasteiger partial charge in [0.05, 0.1) is 0 Å². The van der Waals surface area contributed by atoms with Crippen molar-refractivity contribution in [3.8, 4) is 0 Å². The number of hydrogen-bond acceptors (Lipinski definition) is 5. The fraction of sp³-hybridized carbons (Fsp3) is 0.750. The zero-order chi connectivity index (χ0) is 13.9. The van der Waals surface area contributed by atoms with Crippen LogP contribution in [0, 0.1) is 0 Å². The quantitative estimate of drug-likeness (QED) is 0.394. The van der Waals surface area contributed by atoms with Crippen LogP contribution in [0.25, 0.3) is 0 Å². The molecule has 0 aromatic heterocycles. The molecule has 2 unspecified atom stereocenters. The molecule has 0 amide bonds. The van der Waals surface area contributed by atoms with Gasteiger partial charge in [0, 0.05) is 0 Å². The van der Waals surface area contributed by atoms with Gasteiger partial charge < -0.3 is 25.2 Å². The number of carbonyl (C=O) groups is 2. The van der Waals surface area contributed by atoms with E-state index in [1.165, 1.54) is 13.8 Å². The van der Waals surface area contributed by atoms with Gasteiger partial charge >= 0.3 is 11.9 Å². The molecular weight excluding hydrogens is 236 g/mol. The lowest BCUT2D eigenvalue weighted by Gasteiger charge is -1.89. The van der Waals surface area contributed by atoms with Gasteiger partial charge in [-0.05, 0) is 26.9 Å². The second-order valence-electron chi connectivity index (χ2n) is 3.12. The standard InChI is InChI=1S/2C3H6O3.C2H8OSi/c2*1-2(4)3(5)6;1-4(2)3/h2*2,4H,1H3,(H,5,6);3-4H,1-2H3. The number of hydrogen-bond donors (Lipinski definition) is 5. The van der Waals surface area contributed by atoms with E-state index in [2.05, 4.69) is 0 Å². The number of carboxylic acids is 2. The summed E-state index contributed by atoms with van der Waals surface area (Å²) in [5.41, 5.74) is 0. The second kappa shape index (κ2) is 12.1. The van der Waals surface area contributed by atoms with Crippen LogP contribution in [0.2, 0.25) is 13.1 Å². The molecule has 0 radical (unpaired) electrons. The third-order valence-corrected chi connectivity index (χ3v) is 0.715. The van der Waals surface area contributed by atoms with Crippen molar-refractivity contribution >= 4 is 21.0 Å². The lowest BCUT2D eigenvalue weighted by Crippen LogP contribution is -2.13. The van der Waals surface area contributed by atoms with Crippen molar-refractivity contribution in [3.05, 3.63) is 0 Å². The summed E-state index contributed by atoms with van der Waals surface area (Å²) in [6.07, 6.45) is -2.46. The average Bonchev–Trinajstić information content (AvgIpc) is 2.03. The molecule has 0 fully saturated rings. The predicted molar refractivity (Wildman–Crippen MR) is 59.7 cm³/mol. The van der Waals surface area contributed by atoms with E-state index >= 15 is 0 Å². The van der Waals surface area contributed by atoms with Gasteiger partial charge in [-0.15, -0.1) is 0 Å². The number of rotatable bonds is 2. The topological polar surface area (TPSA) is 135 Å². The highest BCUT2D eigenvalue weighted by Crippen LogP contribution is 1.73. The maximum atomic E-state index is 9.45. The number of aliphatic carboxylic acids is 2. The van der Waals surface area contributed by atoms with Gasteiger partial charge in [-0.1, -0.05) is 0 Å². The lowest BCUT2D eigenvalue weighted by atomic mass is 10.4. The Morgan fingerprint density at radius 2 is 1.00 bits per heavy atom. The van der Waals surface area contributed by atoms with E-state index in [0.29, 0.717) is 0 Å². The first-order valence-electron chi connectivity index (χ1n) is 4.52. The van der Waals surface area contributed by atoms with Crippen molar-refractivity contribution in [2.75, 3.05) is 0 Å². The van der Waals surface area contributed by atoms with E-state index < -0.39 is 33.2 Å². The van der Waals surface area contributed by atoms with Gasteiger partial charge in [0.1, 0.15) is 12.2 Å². The normalized spacial score (nSPS) is 12.5. The van der Waals surface area contributed by atoms with Crippen LogP contribution in [-0.4, -0.2) is 58.4 Å². The first-order chi connectivity index (χ1) is 7.02. The molecule has 0 aliphatic carbocycles. The lowest BCUT2D eigenvalue weighted by molar-refractivity contribution is -0.146. The highest BCUT2D eigenvalue weighted by Gasteiger charge is 2.01. The highest BCUT2D eigenvalue weighted by molar-refractivity contribution is 6.46. The number of aliphatic hydroxyl groups is 2. The van der Waals surface area contributed by atoms with Crippen LogP contribution >= 0.6 is 0 Å². The van der Waals surface area contributed by atoms with Crippen LogP contribution in [0.3, 0.4) is 0 Å². The Labute approximate surface area is 95.7 Å². The summed E-state index contributed by atoms with van der Waals surface area (Å²) in [5.74, 6) is -2.37. The molecule has 0 aromatic carbocycles. The Morgan fingerprint density at radius 3 is 1.00 bits per heavy atom. The van der Waals surface area contributed by atoms with Crippen LogP contribution in [0.1, 0.15) is 13.8 Å². The van der Waals surface area contributed by atoms with Gasteiger partial charge in [0.25, 0.3) is 0 Å². The molecule has 7 nitrogen and oxygen atoms in total. The second-order valence-corrected chi connectivity index (χ2v) is 5.31. The Bertz CT molecular complexity index is 170. The molecule has 0 rings (SSSR count). The van der Waals surface area contributed by atoms with Crippen molar-refractivity contribution < 1.29 is 34.8 Å². The fourth-order valence-electron chi connectivity index (χ4n) is 0. The highest BCUT2D eigenvalue weighted by atomic mass is 28.3. The molecule has 16 heavy (non-hydrogen) atoms. The molecule has 0 bridgehead atoms. The summed E-state index contributed by atoms with van der Waals surface area (Å²) >= 11 is 0. The maximum Gasteiger partial charge on any atom is 0.332 e.